The number of hydrogen-bond acceptors (Lipinski definition) is 3. The van der Waals surface area contributed by atoms with E-state index in [1.54, 1.807) is 14.0 Å². The van der Waals surface area contributed by atoms with Crippen molar-refractivity contribution in [2.45, 2.75) is 26.7 Å². The van der Waals surface area contributed by atoms with Crippen molar-refractivity contribution in [1.82, 2.24) is 5.32 Å². The Hall–Kier alpha value is -2.07. The molecule has 0 bridgehead atoms. The number of carboxylic acids is 1. The molecule has 0 fully saturated rings. The first-order valence-corrected chi connectivity index (χ1v) is 7.54. The van der Waals surface area contributed by atoms with E-state index in [0.717, 1.165) is 35.2 Å². The van der Waals surface area contributed by atoms with Gasteiger partial charge < -0.3 is 15.2 Å². The van der Waals surface area contributed by atoms with Crippen molar-refractivity contribution in [1.29, 1.82) is 0 Å². The largest absolute Gasteiger partial charge is 0.497 e. The summed E-state index contributed by atoms with van der Waals surface area (Å²) < 4.78 is 5.14. The van der Waals surface area contributed by atoms with Gasteiger partial charge in [-0.05, 0) is 48.5 Å². The molecule has 4 heteroatoms. The van der Waals surface area contributed by atoms with Crippen molar-refractivity contribution in [3.05, 3.63) is 42.0 Å². The second-order valence-corrected chi connectivity index (χ2v) is 4.99. The molecule has 2 rings (SSSR count). The first-order valence-electron chi connectivity index (χ1n) is 7.54. The first kappa shape index (κ1) is 18.0. The number of hydrogen-bond donors (Lipinski definition) is 2. The van der Waals surface area contributed by atoms with Crippen LogP contribution in [0.4, 0.5) is 0 Å². The van der Waals surface area contributed by atoms with E-state index in [4.69, 9.17) is 9.84 Å². The third-order valence-electron chi connectivity index (χ3n) is 3.44. The molecule has 1 atom stereocenters. The van der Waals surface area contributed by atoms with Gasteiger partial charge in [0, 0.05) is 0 Å². The van der Waals surface area contributed by atoms with E-state index in [0.29, 0.717) is 0 Å². The quantitative estimate of drug-likeness (QED) is 0.885. The molecule has 22 heavy (non-hydrogen) atoms. The highest BCUT2D eigenvalue weighted by atomic mass is 16.5. The van der Waals surface area contributed by atoms with Crippen LogP contribution in [0.25, 0.3) is 10.8 Å². The highest BCUT2D eigenvalue weighted by Crippen LogP contribution is 2.25. The zero-order valence-electron chi connectivity index (χ0n) is 13.7. The second-order valence-electron chi connectivity index (χ2n) is 4.99. The summed E-state index contributed by atoms with van der Waals surface area (Å²) in [7, 11) is 1.63. The SMILES string of the molecule is CCNCC.COc1ccc2cc([C@H](C)C(=O)O)ccc2c1. The van der Waals surface area contributed by atoms with Gasteiger partial charge in [0.15, 0.2) is 0 Å². The number of benzene rings is 2. The molecule has 4 nitrogen and oxygen atoms in total. The number of carboxylic acid groups (broad SMARTS) is 1. The van der Waals surface area contributed by atoms with Crippen molar-refractivity contribution < 1.29 is 14.6 Å². The minimum atomic E-state index is -0.808. The number of nitrogens with one attached hydrogen (secondary N) is 1. The fourth-order valence-electron chi connectivity index (χ4n) is 2.03. The molecule has 0 spiro atoms. The molecule has 0 radical (unpaired) electrons. The molecule has 2 aromatic rings. The van der Waals surface area contributed by atoms with Gasteiger partial charge >= 0.3 is 5.97 Å². The van der Waals surface area contributed by atoms with Crippen molar-refractivity contribution in [2.24, 2.45) is 0 Å². The molecule has 0 aliphatic heterocycles. The fraction of sp³-hybridized carbons (Fsp3) is 0.389. The molecule has 0 saturated heterocycles. The average Bonchev–Trinajstić information content (AvgIpc) is 2.54. The Kier molecular flexibility index (Phi) is 7.40. The maximum atomic E-state index is 10.9. The Bertz CT molecular complexity index is 608. The van der Waals surface area contributed by atoms with Crippen molar-refractivity contribution in [2.75, 3.05) is 20.2 Å². The lowest BCUT2D eigenvalue weighted by Gasteiger charge is -2.08. The minimum Gasteiger partial charge on any atom is -0.497 e. The molecule has 0 aromatic heterocycles. The van der Waals surface area contributed by atoms with Gasteiger partial charge in [0.2, 0.25) is 0 Å². The second kappa shape index (κ2) is 9.05. The summed E-state index contributed by atoms with van der Waals surface area (Å²) in [6.45, 7) is 8.08. The minimum absolute atomic E-state index is 0.485. The molecule has 0 aliphatic carbocycles. The van der Waals surface area contributed by atoms with Crippen molar-refractivity contribution in [3.63, 3.8) is 0 Å². The van der Waals surface area contributed by atoms with E-state index in [9.17, 15) is 4.79 Å². The van der Waals surface area contributed by atoms with Gasteiger partial charge in [0.05, 0.1) is 13.0 Å². The predicted octanol–water partition coefficient (Wildman–Crippen LogP) is 3.65. The monoisotopic (exact) mass is 303 g/mol. The van der Waals surface area contributed by atoms with E-state index >= 15 is 0 Å². The van der Waals surface area contributed by atoms with Gasteiger partial charge in [0.1, 0.15) is 5.75 Å². The lowest BCUT2D eigenvalue weighted by atomic mass is 9.98. The van der Waals surface area contributed by atoms with E-state index in [1.165, 1.54) is 0 Å². The number of rotatable bonds is 5. The normalized spacial score (nSPS) is 11.5. The van der Waals surface area contributed by atoms with Gasteiger partial charge in [-0.3, -0.25) is 4.79 Å². The zero-order chi connectivity index (χ0) is 16.5. The molecule has 0 amide bonds. The van der Waals surface area contributed by atoms with Crippen molar-refractivity contribution in [3.8, 4) is 5.75 Å². The molecule has 0 saturated carbocycles. The summed E-state index contributed by atoms with van der Waals surface area (Å²) in [6, 6.07) is 11.4. The number of fused-ring (bicyclic) bond motifs is 1. The Morgan fingerprint density at radius 1 is 1.14 bits per heavy atom. The Morgan fingerprint density at radius 2 is 1.73 bits per heavy atom. The number of aliphatic carboxylic acids is 1. The van der Waals surface area contributed by atoms with Crippen LogP contribution < -0.4 is 10.1 Å². The number of methoxy groups -OCH3 is 1. The van der Waals surface area contributed by atoms with Gasteiger partial charge in [-0.15, -0.1) is 0 Å². The number of ether oxygens (including phenoxy) is 1. The summed E-state index contributed by atoms with van der Waals surface area (Å²) >= 11 is 0. The lowest BCUT2D eigenvalue weighted by molar-refractivity contribution is -0.138. The highest BCUT2D eigenvalue weighted by Gasteiger charge is 2.13. The van der Waals surface area contributed by atoms with Crippen LogP contribution in [0.2, 0.25) is 0 Å². The van der Waals surface area contributed by atoms with Crippen LogP contribution in [0.5, 0.6) is 5.75 Å². The summed E-state index contributed by atoms with van der Waals surface area (Å²) in [4.78, 5) is 10.9. The predicted molar refractivity (Wildman–Crippen MR) is 90.8 cm³/mol. The van der Waals surface area contributed by atoms with Crippen LogP contribution in [-0.2, 0) is 4.79 Å². The van der Waals surface area contributed by atoms with Gasteiger partial charge in [-0.2, -0.15) is 0 Å². The molecule has 120 valence electrons. The Labute approximate surface area is 132 Å². The zero-order valence-corrected chi connectivity index (χ0v) is 13.7. The van der Waals surface area contributed by atoms with Gasteiger partial charge in [0.25, 0.3) is 0 Å². The van der Waals surface area contributed by atoms with Crippen LogP contribution in [0.1, 0.15) is 32.3 Å². The molecule has 0 aliphatic rings. The Balaban J connectivity index is 0.000000422. The van der Waals surface area contributed by atoms with Crippen LogP contribution in [0.3, 0.4) is 0 Å². The topological polar surface area (TPSA) is 58.6 Å². The van der Waals surface area contributed by atoms with Crippen LogP contribution in [0, 0.1) is 0 Å². The third kappa shape index (κ3) is 5.04. The maximum absolute atomic E-state index is 10.9. The van der Waals surface area contributed by atoms with E-state index in [-0.39, 0.29) is 0 Å². The summed E-state index contributed by atoms with van der Waals surface area (Å²) in [5.41, 5.74) is 0.815. The first-order chi connectivity index (χ1) is 10.5. The molecule has 2 N–H and O–H groups in total. The smallest absolute Gasteiger partial charge is 0.310 e. The van der Waals surface area contributed by atoms with E-state index < -0.39 is 11.9 Å². The highest BCUT2D eigenvalue weighted by molar-refractivity contribution is 5.86. The molecular formula is C18H25NO3. The lowest BCUT2D eigenvalue weighted by Crippen LogP contribution is -2.09. The fourth-order valence-corrected chi connectivity index (χ4v) is 2.03. The standard InChI is InChI=1S/C14H14O3.C4H11N/c1-9(14(15)16)10-3-4-12-8-13(17-2)6-5-11(12)7-10;1-3-5-4-2/h3-9H,1-2H3,(H,15,16);5H,3-4H2,1-2H3/t9-;/m0./s1. The Morgan fingerprint density at radius 3 is 2.23 bits per heavy atom. The van der Waals surface area contributed by atoms with Crippen LogP contribution in [0.15, 0.2) is 36.4 Å². The molecular weight excluding hydrogens is 278 g/mol. The molecule has 0 heterocycles. The molecule has 0 unspecified atom stereocenters. The summed E-state index contributed by atoms with van der Waals surface area (Å²) in [5, 5.41) is 14.2. The maximum Gasteiger partial charge on any atom is 0.310 e. The molecule has 2 aromatic carbocycles. The third-order valence-corrected chi connectivity index (χ3v) is 3.44. The van der Waals surface area contributed by atoms with Crippen molar-refractivity contribution >= 4 is 16.7 Å². The van der Waals surface area contributed by atoms with Crippen LogP contribution in [-0.4, -0.2) is 31.3 Å². The van der Waals surface area contributed by atoms with Crippen LogP contribution >= 0.6 is 0 Å². The van der Waals surface area contributed by atoms with E-state index in [1.807, 2.05) is 36.4 Å². The summed E-state index contributed by atoms with van der Waals surface area (Å²) in [5.74, 6) is -0.490. The van der Waals surface area contributed by atoms with Gasteiger partial charge in [-0.1, -0.05) is 38.1 Å². The number of carbonyl (C=O) groups is 1. The summed E-state index contributed by atoms with van der Waals surface area (Å²) in [6.07, 6.45) is 0. The van der Waals surface area contributed by atoms with E-state index in [2.05, 4.69) is 19.2 Å². The average molecular weight is 303 g/mol. The van der Waals surface area contributed by atoms with Gasteiger partial charge in [-0.25, -0.2) is 0 Å².